The van der Waals surface area contributed by atoms with Crippen molar-refractivity contribution in [3.8, 4) is 11.3 Å². The highest BCUT2D eigenvalue weighted by Gasteiger charge is 2.23. The molecule has 0 bridgehead atoms. The molecule has 0 unspecified atom stereocenters. The van der Waals surface area contributed by atoms with Gasteiger partial charge in [0.15, 0.2) is 5.65 Å². The van der Waals surface area contributed by atoms with Gasteiger partial charge in [0.05, 0.1) is 34.6 Å². The molecule has 1 saturated carbocycles. The van der Waals surface area contributed by atoms with Gasteiger partial charge in [-0.05, 0) is 68.5 Å². The van der Waals surface area contributed by atoms with Crippen molar-refractivity contribution in [2.45, 2.75) is 44.8 Å². The van der Waals surface area contributed by atoms with Gasteiger partial charge in [-0.1, -0.05) is 6.07 Å². The lowest BCUT2D eigenvalue weighted by molar-refractivity contribution is 0.0990. The van der Waals surface area contributed by atoms with Crippen LogP contribution in [0.25, 0.3) is 27.9 Å². The van der Waals surface area contributed by atoms with E-state index in [0.717, 1.165) is 47.8 Å². The molecule has 6 rings (SSSR count). The second-order valence-electron chi connectivity index (χ2n) is 9.09. The number of fused-ring (bicyclic) bond motifs is 2. The molecule has 0 atom stereocenters. The van der Waals surface area contributed by atoms with Gasteiger partial charge in [-0.3, -0.25) is 9.78 Å². The number of nitrogens with one attached hydrogen (secondary N) is 1. The van der Waals surface area contributed by atoms with Gasteiger partial charge >= 0.3 is 0 Å². The number of pyridine rings is 1. The average Bonchev–Trinajstić information content (AvgIpc) is 3.45. The molecule has 1 aliphatic rings. The lowest BCUT2D eigenvalue weighted by Gasteiger charge is -2.27. The molecule has 1 aliphatic carbocycles. The normalized spacial score (nSPS) is 19.0. The molecule has 4 heterocycles. The fourth-order valence-electron chi connectivity index (χ4n) is 4.90. The molecule has 4 aromatic heterocycles. The van der Waals surface area contributed by atoms with Gasteiger partial charge in [-0.15, -0.1) is 0 Å². The first kappa shape index (κ1) is 21.4. The van der Waals surface area contributed by atoms with Crippen molar-refractivity contribution >= 4 is 22.6 Å². The van der Waals surface area contributed by atoms with Crippen LogP contribution in [0.3, 0.4) is 0 Å². The number of aryl methyl sites for hydroxylation is 1. The monoisotopic (exact) mass is 467 g/mol. The molecule has 0 spiro atoms. The Kier molecular flexibility index (Phi) is 5.26. The second kappa shape index (κ2) is 8.59. The van der Waals surface area contributed by atoms with E-state index in [1.807, 2.05) is 13.1 Å². The average molecular weight is 468 g/mol. The van der Waals surface area contributed by atoms with E-state index < -0.39 is 0 Å². The van der Waals surface area contributed by atoms with Crippen LogP contribution in [0.2, 0.25) is 0 Å². The van der Waals surface area contributed by atoms with Gasteiger partial charge in [0, 0.05) is 30.2 Å². The van der Waals surface area contributed by atoms with E-state index in [9.17, 15) is 9.90 Å². The topological polar surface area (TPSA) is 113 Å². The molecule has 9 heteroatoms. The number of imidazole rings is 1. The quantitative estimate of drug-likeness (QED) is 0.421. The summed E-state index contributed by atoms with van der Waals surface area (Å²) in [5.41, 5.74) is 6.07. The zero-order valence-electron chi connectivity index (χ0n) is 19.3. The van der Waals surface area contributed by atoms with Crippen molar-refractivity contribution < 1.29 is 9.90 Å². The fraction of sp³-hybridized carbons (Fsp3) is 0.269. The maximum absolute atomic E-state index is 13.3. The third-order valence-corrected chi connectivity index (χ3v) is 6.69. The summed E-state index contributed by atoms with van der Waals surface area (Å²) in [5.74, 6) is -0.356. The Balaban J connectivity index is 1.42. The van der Waals surface area contributed by atoms with Crippen molar-refractivity contribution in [1.29, 1.82) is 0 Å². The first-order chi connectivity index (χ1) is 17.1. The van der Waals surface area contributed by atoms with Crippen LogP contribution in [0.1, 0.15) is 47.6 Å². The van der Waals surface area contributed by atoms with Gasteiger partial charge in [0.1, 0.15) is 0 Å². The van der Waals surface area contributed by atoms with Crippen molar-refractivity contribution in [1.82, 2.24) is 29.1 Å². The van der Waals surface area contributed by atoms with Gasteiger partial charge < -0.3 is 14.7 Å². The number of carbonyl (C=O) groups is 1. The lowest BCUT2D eigenvalue weighted by atomic mass is 9.93. The molecule has 1 aromatic carbocycles. The Morgan fingerprint density at radius 1 is 1.11 bits per heavy atom. The highest BCUT2D eigenvalue weighted by molar-refractivity contribution is 5.96. The van der Waals surface area contributed by atoms with Gasteiger partial charge in [0.2, 0.25) is 5.62 Å². The summed E-state index contributed by atoms with van der Waals surface area (Å²) in [6.07, 6.45) is 9.72. The standard InChI is InChI=1S/C26H25N7O2/c1-16-3-8-23-22(13-16)30-26(33(23)18-4-6-19(34)7-5-18)31-25(35)17-9-11-27-21(14-17)20-15-29-32-12-2-10-28-24(20)32/h2-3,8-15,18-19,34H,4-7H2,1H3,(H,30,31,35)/t18-,19+. The number of aromatic amines is 1. The first-order valence-corrected chi connectivity index (χ1v) is 11.8. The highest BCUT2D eigenvalue weighted by Crippen LogP contribution is 2.30. The van der Waals surface area contributed by atoms with Crippen LogP contribution in [0, 0.1) is 6.92 Å². The van der Waals surface area contributed by atoms with Crippen molar-refractivity contribution in [2.75, 3.05) is 0 Å². The molecule has 0 radical (unpaired) electrons. The molecule has 1 fully saturated rings. The van der Waals surface area contributed by atoms with Crippen molar-refractivity contribution in [2.24, 2.45) is 4.99 Å². The molecule has 0 saturated heterocycles. The maximum Gasteiger partial charge on any atom is 0.280 e. The number of rotatable bonds is 3. The van der Waals surface area contributed by atoms with Crippen LogP contribution < -0.4 is 5.62 Å². The third kappa shape index (κ3) is 3.93. The van der Waals surface area contributed by atoms with Gasteiger partial charge in [0.25, 0.3) is 5.91 Å². The van der Waals surface area contributed by atoms with Crippen molar-refractivity contribution in [3.05, 3.63) is 77.9 Å². The summed E-state index contributed by atoms with van der Waals surface area (Å²) in [6, 6.07) is 11.6. The number of carbonyl (C=O) groups excluding carboxylic acids is 1. The largest absolute Gasteiger partial charge is 0.393 e. The van der Waals surface area contributed by atoms with E-state index >= 15 is 0 Å². The van der Waals surface area contributed by atoms with Gasteiger partial charge in [-0.2, -0.15) is 10.1 Å². The third-order valence-electron chi connectivity index (χ3n) is 6.69. The zero-order chi connectivity index (χ0) is 23.9. The Morgan fingerprint density at radius 3 is 2.83 bits per heavy atom. The minimum atomic E-state index is -0.356. The summed E-state index contributed by atoms with van der Waals surface area (Å²) in [7, 11) is 0. The predicted molar refractivity (Wildman–Crippen MR) is 131 cm³/mol. The molecule has 1 amide bonds. The van der Waals surface area contributed by atoms with Crippen LogP contribution in [0.4, 0.5) is 0 Å². The number of aliphatic hydroxyl groups excluding tert-OH is 1. The van der Waals surface area contributed by atoms with E-state index in [1.54, 1.807) is 41.3 Å². The van der Waals surface area contributed by atoms with E-state index in [0.29, 0.717) is 22.5 Å². The van der Waals surface area contributed by atoms with E-state index in [4.69, 9.17) is 0 Å². The van der Waals surface area contributed by atoms with Crippen LogP contribution in [0.5, 0.6) is 0 Å². The Hall–Kier alpha value is -4.11. The van der Waals surface area contributed by atoms with E-state index in [1.165, 1.54) is 0 Å². The minimum absolute atomic E-state index is 0.166. The van der Waals surface area contributed by atoms with E-state index in [2.05, 4.69) is 47.8 Å². The van der Waals surface area contributed by atoms with Gasteiger partial charge in [-0.25, -0.2) is 9.50 Å². The number of aliphatic hydroxyl groups is 1. The summed E-state index contributed by atoms with van der Waals surface area (Å²) in [6.45, 7) is 2.04. The van der Waals surface area contributed by atoms with Crippen LogP contribution >= 0.6 is 0 Å². The van der Waals surface area contributed by atoms with Crippen LogP contribution in [0.15, 0.2) is 66.2 Å². The minimum Gasteiger partial charge on any atom is -0.393 e. The molecular weight excluding hydrogens is 442 g/mol. The summed E-state index contributed by atoms with van der Waals surface area (Å²) < 4.78 is 3.79. The molecule has 0 aliphatic heterocycles. The first-order valence-electron chi connectivity index (χ1n) is 11.8. The molecule has 176 valence electrons. The highest BCUT2D eigenvalue weighted by atomic mass is 16.3. The fourth-order valence-corrected chi connectivity index (χ4v) is 4.90. The predicted octanol–water partition coefficient (Wildman–Crippen LogP) is 3.60. The number of H-pyrrole nitrogens is 1. The summed E-state index contributed by atoms with van der Waals surface area (Å²) >= 11 is 0. The van der Waals surface area contributed by atoms with Crippen LogP contribution in [-0.2, 0) is 0 Å². The SMILES string of the molecule is Cc1ccc2c(c1)[nH]/c(=N\C(=O)c1ccnc(-c3cnn4cccnc34)c1)n2[C@H]1CC[C@@H](O)CC1. The molecular formula is C26H25N7O2. The maximum atomic E-state index is 13.3. The zero-order valence-corrected chi connectivity index (χ0v) is 19.3. The number of nitrogens with zero attached hydrogens (tertiary/aromatic N) is 6. The summed E-state index contributed by atoms with van der Waals surface area (Å²) in [4.78, 5) is 30.0. The number of hydrogen-bond donors (Lipinski definition) is 2. The second-order valence-corrected chi connectivity index (χ2v) is 9.09. The number of amides is 1. The Bertz CT molecular complexity index is 1620. The molecule has 35 heavy (non-hydrogen) atoms. The molecule has 5 aromatic rings. The number of aromatic nitrogens is 6. The molecule has 9 nitrogen and oxygen atoms in total. The number of benzene rings is 1. The smallest absolute Gasteiger partial charge is 0.280 e. The Morgan fingerprint density at radius 2 is 1.97 bits per heavy atom. The summed E-state index contributed by atoms with van der Waals surface area (Å²) in [5, 5.41) is 14.3. The number of hydrogen-bond acceptors (Lipinski definition) is 5. The Labute approximate surface area is 200 Å². The molecule has 2 N–H and O–H groups in total. The van der Waals surface area contributed by atoms with Crippen LogP contribution in [-0.4, -0.2) is 46.3 Å². The van der Waals surface area contributed by atoms with Crippen molar-refractivity contribution in [3.63, 3.8) is 0 Å². The van der Waals surface area contributed by atoms with E-state index in [-0.39, 0.29) is 18.1 Å². The lowest BCUT2D eigenvalue weighted by Crippen LogP contribution is -2.29.